The van der Waals surface area contributed by atoms with Gasteiger partial charge in [0.05, 0.1) is 0 Å². The fourth-order valence-electron chi connectivity index (χ4n) is 0.119. The molecule has 0 aromatic rings. The summed E-state index contributed by atoms with van der Waals surface area (Å²) in [4.78, 5) is 9.54. The monoisotopic (exact) mass is 280 g/mol. The van der Waals surface area contributed by atoms with Crippen molar-refractivity contribution in [2.45, 2.75) is 0 Å². The van der Waals surface area contributed by atoms with E-state index in [1.165, 1.54) is 0 Å². The van der Waals surface area contributed by atoms with E-state index in [4.69, 9.17) is 11.7 Å². The fraction of sp³-hybridized carbons (Fsp3) is 0. The van der Waals surface area contributed by atoms with Crippen molar-refractivity contribution in [3.8, 4) is 0 Å². The number of carbonyl (C=O) groups is 1. The molecule has 0 aliphatic carbocycles. The van der Waals surface area contributed by atoms with E-state index >= 15 is 0 Å². The second-order valence-corrected chi connectivity index (χ2v) is 0.809. The van der Waals surface area contributed by atoms with Gasteiger partial charge in [0.1, 0.15) is 0 Å². The molecule has 0 spiro atoms. The Morgan fingerprint density at radius 1 is 1.75 bits per heavy atom. The number of carboxylic acids is 1. The van der Waals surface area contributed by atoms with Gasteiger partial charge in [-0.05, 0) is 0 Å². The zero-order valence-electron chi connectivity index (χ0n) is 4.00. The van der Waals surface area contributed by atoms with Gasteiger partial charge in [-0.3, -0.25) is 10.9 Å². The molecule has 0 fully saturated rings. The summed E-state index contributed by atoms with van der Waals surface area (Å²) in [5.74, 6) is -1.11. The first-order chi connectivity index (χ1) is 3.27. The summed E-state index contributed by atoms with van der Waals surface area (Å²) in [5.41, 5.74) is 0. The summed E-state index contributed by atoms with van der Waals surface area (Å²) in [6.07, 6.45) is 4.14. The van der Waals surface area contributed by atoms with Crippen molar-refractivity contribution in [1.82, 2.24) is 0 Å². The van der Waals surface area contributed by atoms with Crippen LogP contribution in [0.4, 0.5) is 0 Å². The van der Waals surface area contributed by atoms with Crippen LogP contribution in [0.5, 0.6) is 0 Å². The number of aliphatic carboxylic acids is 1. The van der Waals surface area contributed by atoms with E-state index in [0.717, 1.165) is 12.2 Å². The van der Waals surface area contributed by atoms with Crippen LogP contribution in [0.1, 0.15) is 0 Å². The third-order valence-electron chi connectivity index (χ3n) is 0.303. The van der Waals surface area contributed by atoms with E-state index in [2.05, 4.69) is 0 Å². The fourth-order valence-corrected chi connectivity index (χ4v) is 0.119. The number of allylic oxidation sites excluding steroid dienone is 2. The Kier molecular flexibility index (Phi) is 8.79. The predicted molar refractivity (Wildman–Crippen MR) is 24.3 cm³/mol. The van der Waals surface area contributed by atoms with Gasteiger partial charge < -0.3 is 23.8 Å². The molecule has 0 saturated carbocycles. The first-order valence-corrected chi connectivity index (χ1v) is 1.63. The van der Waals surface area contributed by atoms with Gasteiger partial charge in [0, 0.05) is 0 Å². The molecule has 0 heterocycles. The Morgan fingerprint density at radius 2 is 2.25 bits per heavy atom. The van der Waals surface area contributed by atoms with Crippen LogP contribution in [0.15, 0.2) is 12.2 Å². The van der Waals surface area contributed by atoms with E-state index in [-0.39, 0.29) is 21.1 Å². The molecule has 0 aliphatic rings. The minimum absolute atomic E-state index is 0. The van der Waals surface area contributed by atoms with Gasteiger partial charge in [0.25, 0.3) is 0 Å². The molecule has 2 nitrogen and oxygen atoms in total. The molecule has 0 rings (SSSR count). The van der Waals surface area contributed by atoms with Crippen molar-refractivity contribution in [2.75, 3.05) is 0 Å². The zero-order chi connectivity index (χ0) is 5.70. The Labute approximate surface area is 62.2 Å². The molecule has 0 aromatic carbocycles. The van der Waals surface area contributed by atoms with Gasteiger partial charge in [0.2, 0.25) is 5.97 Å². The molecule has 42 valence electrons. The normalized spacial score (nSPS) is 8.00. The van der Waals surface area contributed by atoms with Crippen LogP contribution in [0.25, 0.3) is 0 Å². The van der Waals surface area contributed by atoms with Gasteiger partial charge in [-0.1, -0.05) is 0 Å². The molecule has 0 aliphatic heterocycles. The van der Waals surface area contributed by atoms with Crippen LogP contribution in [0.3, 0.4) is 0 Å². The van der Waals surface area contributed by atoms with Crippen LogP contribution in [0, 0.1) is 12.7 Å². The number of hydrogen-bond acceptors (Lipinski definition) is 1. The van der Waals surface area contributed by atoms with E-state index < -0.39 is 5.97 Å². The summed E-state index contributed by atoms with van der Waals surface area (Å²) < 4.78 is 0. The van der Waals surface area contributed by atoms with E-state index in [9.17, 15) is 4.79 Å². The quantitative estimate of drug-likeness (QED) is 0.452. The molecule has 0 radical (unpaired) electrons. The molecule has 0 atom stereocenters. The average Bonchev–Trinajstić information content (AvgIpc) is 1.61. The second-order valence-electron chi connectivity index (χ2n) is 0.809. The third-order valence-corrected chi connectivity index (χ3v) is 0.303. The predicted octanol–water partition coefficient (Wildman–Crippen LogP) is 0.417. The minimum Gasteiger partial charge on any atom is -0.493 e. The molecule has 0 bridgehead atoms. The largest absolute Gasteiger partial charge is 2.00 e. The van der Waals surface area contributed by atoms with Crippen molar-refractivity contribution in [3.05, 3.63) is 24.8 Å². The first kappa shape index (κ1) is 10.6. The van der Waals surface area contributed by atoms with Crippen molar-refractivity contribution in [2.24, 2.45) is 0 Å². The van der Waals surface area contributed by atoms with Gasteiger partial charge in [-0.15, -0.1) is 0 Å². The topological polar surface area (TPSA) is 37.3 Å². The Bertz CT molecular complexity index is 107. The van der Waals surface area contributed by atoms with Gasteiger partial charge in [-0.25, -0.2) is 0 Å². The number of carboxylic acid groups (broad SMARTS) is 1. The second kappa shape index (κ2) is 6.64. The summed E-state index contributed by atoms with van der Waals surface area (Å²) in [7, 11) is 0. The van der Waals surface area contributed by atoms with E-state index in [1.807, 2.05) is 6.08 Å². The average molecular weight is 280 g/mol. The maximum absolute atomic E-state index is 9.54. The maximum Gasteiger partial charge on any atom is 2.00 e. The van der Waals surface area contributed by atoms with Crippen LogP contribution in [0.2, 0.25) is 0 Å². The zero-order valence-corrected chi connectivity index (χ0v) is 6.93. The molecule has 1 N–H and O–H groups in total. The molecule has 0 unspecified atom stereocenters. The van der Waals surface area contributed by atoms with E-state index in [1.54, 1.807) is 0 Å². The molecular weight excluding hydrogens is 276 g/mol. The Morgan fingerprint density at radius 3 is 2.38 bits per heavy atom. The smallest absolute Gasteiger partial charge is 0.493 e. The van der Waals surface area contributed by atoms with E-state index in [0.29, 0.717) is 0 Å². The van der Waals surface area contributed by atoms with Crippen molar-refractivity contribution in [3.63, 3.8) is 0 Å². The van der Waals surface area contributed by atoms with Gasteiger partial charge in [0.15, 0.2) is 0 Å². The maximum atomic E-state index is 9.54. The molecule has 3 heteroatoms. The summed E-state index contributed by atoms with van der Waals surface area (Å²) in [6, 6.07) is 0. The molecule has 0 amide bonds. The van der Waals surface area contributed by atoms with Crippen LogP contribution in [-0.4, -0.2) is 11.1 Å². The Hall–Kier alpha value is -0.362. The van der Waals surface area contributed by atoms with Crippen LogP contribution < -0.4 is 0 Å². The molecular formula is C5H4O2W. The molecule has 8 heavy (non-hydrogen) atoms. The summed E-state index contributed by atoms with van der Waals surface area (Å²) in [5, 5.41) is 7.83. The number of rotatable bonds is 2. The van der Waals surface area contributed by atoms with Crippen molar-refractivity contribution in [1.29, 1.82) is 0 Å². The first-order valence-electron chi connectivity index (χ1n) is 1.63. The summed E-state index contributed by atoms with van der Waals surface area (Å²) >= 11 is 0. The SMILES string of the molecule is [CH-]=CC=[C-]C(=O)O.[W+2]. The van der Waals surface area contributed by atoms with Crippen molar-refractivity contribution >= 4 is 5.97 Å². The number of hydrogen-bond donors (Lipinski definition) is 1. The Balaban J connectivity index is 0. The molecule has 0 aromatic heterocycles. The van der Waals surface area contributed by atoms with Crippen LogP contribution >= 0.6 is 0 Å². The molecule has 0 saturated heterocycles. The minimum atomic E-state index is -1.11. The van der Waals surface area contributed by atoms with Crippen LogP contribution in [-0.2, 0) is 25.9 Å². The van der Waals surface area contributed by atoms with Gasteiger partial charge >= 0.3 is 21.1 Å². The summed E-state index contributed by atoms with van der Waals surface area (Å²) in [6.45, 7) is 4.77. The third kappa shape index (κ3) is 9.16. The standard InChI is InChI=1S/C5H4O2.W/c1-2-3-4-5(6)7;/h1-3H,(H,6,7);/q-2;+2. The van der Waals surface area contributed by atoms with Crippen molar-refractivity contribution < 1.29 is 31.0 Å². The van der Waals surface area contributed by atoms with Gasteiger partial charge in [-0.2, -0.15) is 0 Å².